The number of piperidine rings is 1. The summed E-state index contributed by atoms with van der Waals surface area (Å²) >= 11 is 5.95. The number of ketones is 1. The van der Waals surface area contributed by atoms with E-state index >= 15 is 0 Å². The average molecular weight is 413 g/mol. The van der Waals surface area contributed by atoms with E-state index in [1.165, 1.54) is 0 Å². The largest absolute Gasteiger partial charge is 0.385 e. The molecule has 0 aromatic heterocycles. The number of carbonyl (C=O) groups is 2. The van der Waals surface area contributed by atoms with E-state index in [-0.39, 0.29) is 18.1 Å². The Hall–Kier alpha value is -2.21. The van der Waals surface area contributed by atoms with Crippen molar-refractivity contribution in [2.75, 3.05) is 31.1 Å². The zero-order chi connectivity index (χ0) is 20.4. The zero-order valence-corrected chi connectivity index (χ0v) is 17.1. The van der Waals surface area contributed by atoms with Crippen molar-refractivity contribution in [2.24, 2.45) is 0 Å². The first-order valence-corrected chi connectivity index (χ1v) is 10.5. The second kappa shape index (κ2) is 8.27. The molecule has 0 atom stereocenters. The summed E-state index contributed by atoms with van der Waals surface area (Å²) in [5, 5.41) is 11.7. The lowest BCUT2D eigenvalue weighted by Crippen LogP contribution is -2.44. The van der Waals surface area contributed by atoms with Gasteiger partial charge in [-0.3, -0.25) is 9.59 Å². The molecule has 0 saturated carbocycles. The van der Waals surface area contributed by atoms with E-state index in [0.29, 0.717) is 30.0 Å². The van der Waals surface area contributed by atoms with Crippen molar-refractivity contribution in [3.8, 4) is 0 Å². The molecule has 2 aliphatic rings. The standard InChI is InChI=1S/C23H25ClN2O3/c24-18-8-6-17(7-9-18)23(29)10-14-25(15-11-23)12-3-13-26-20-5-2-1-4-19(20)21(27)16-22(26)28/h1-2,4-9,29H,3,10-16H2. The number of nitrogens with zero attached hydrogens (tertiary/aromatic N) is 2. The van der Waals surface area contributed by atoms with Crippen molar-refractivity contribution in [1.29, 1.82) is 0 Å². The molecule has 0 unspecified atom stereocenters. The molecule has 2 aromatic carbocycles. The molecular formula is C23H25ClN2O3. The van der Waals surface area contributed by atoms with Gasteiger partial charge in [0.1, 0.15) is 0 Å². The number of benzene rings is 2. The molecule has 2 heterocycles. The second-order valence-corrected chi connectivity index (χ2v) is 8.33. The van der Waals surface area contributed by atoms with Gasteiger partial charge in [0.05, 0.1) is 17.7 Å². The third-order valence-corrected chi connectivity index (χ3v) is 6.28. The Balaban J connectivity index is 1.31. The van der Waals surface area contributed by atoms with E-state index < -0.39 is 5.60 Å². The number of fused-ring (bicyclic) bond motifs is 1. The molecule has 2 aromatic rings. The first kappa shape index (κ1) is 20.1. The highest BCUT2D eigenvalue weighted by Gasteiger charge is 2.34. The van der Waals surface area contributed by atoms with Gasteiger partial charge in [0.2, 0.25) is 5.91 Å². The number of rotatable bonds is 5. The normalized spacial score (nSPS) is 19.3. The zero-order valence-electron chi connectivity index (χ0n) is 16.3. The van der Waals surface area contributed by atoms with Crippen molar-refractivity contribution < 1.29 is 14.7 Å². The van der Waals surface area contributed by atoms with Crippen LogP contribution in [0.2, 0.25) is 5.02 Å². The smallest absolute Gasteiger partial charge is 0.234 e. The van der Waals surface area contributed by atoms with Crippen molar-refractivity contribution in [3.63, 3.8) is 0 Å². The molecule has 6 heteroatoms. The fourth-order valence-electron chi connectivity index (χ4n) is 4.30. The highest BCUT2D eigenvalue weighted by Crippen LogP contribution is 2.33. The number of likely N-dealkylation sites (tertiary alicyclic amines) is 1. The molecule has 0 bridgehead atoms. The fraction of sp³-hybridized carbons (Fsp3) is 0.391. The Morgan fingerprint density at radius 1 is 0.966 bits per heavy atom. The molecule has 1 amide bonds. The van der Waals surface area contributed by atoms with E-state index in [0.717, 1.165) is 37.3 Å². The summed E-state index contributed by atoms with van der Waals surface area (Å²) in [6.07, 6.45) is 2.13. The van der Waals surface area contributed by atoms with Crippen LogP contribution in [0.3, 0.4) is 0 Å². The number of hydrogen-bond donors (Lipinski definition) is 1. The van der Waals surface area contributed by atoms with E-state index in [2.05, 4.69) is 4.90 Å². The van der Waals surface area contributed by atoms with Crippen LogP contribution in [0.4, 0.5) is 5.69 Å². The number of anilines is 1. The Morgan fingerprint density at radius 3 is 2.38 bits per heavy atom. The van der Waals surface area contributed by atoms with Gasteiger partial charge < -0.3 is 14.9 Å². The van der Waals surface area contributed by atoms with E-state index in [4.69, 9.17) is 11.6 Å². The molecule has 0 aliphatic carbocycles. The number of amides is 1. The molecule has 1 saturated heterocycles. The Labute approximate surface area is 175 Å². The summed E-state index contributed by atoms with van der Waals surface area (Å²) in [5.74, 6) is -0.219. The van der Waals surface area contributed by atoms with Gasteiger partial charge in [-0.05, 0) is 55.6 Å². The number of hydrogen-bond acceptors (Lipinski definition) is 4. The third-order valence-electron chi connectivity index (χ3n) is 6.03. The molecule has 5 nitrogen and oxygen atoms in total. The topological polar surface area (TPSA) is 60.9 Å². The molecule has 0 radical (unpaired) electrons. The van der Waals surface area contributed by atoms with Gasteiger partial charge in [0.25, 0.3) is 0 Å². The SMILES string of the molecule is O=C1CC(=O)N(CCCN2CCC(O)(c3ccc(Cl)cc3)CC2)c2ccccc21. The minimum atomic E-state index is -0.802. The minimum absolute atomic E-state index is 0.0468. The quantitative estimate of drug-likeness (QED) is 0.762. The van der Waals surface area contributed by atoms with Crippen LogP contribution in [-0.4, -0.2) is 47.9 Å². The lowest BCUT2D eigenvalue weighted by Gasteiger charge is -2.39. The van der Waals surface area contributed by atoms with Crippen LogP contribution >= 0.6 is 11.6 Å². The molecule has 0 spiro atoms. The summed E-state index contributed by atoms with van der Waals surface area (Å²) in [6, 6.07) is 14.8. The van der Waals surface area contributed by atoms with Crippen molar-refractivity contribution >= 4 is 29.0 Å². The molecule has 1 N–H and O–H groups in total. The van der Waals surface area contributed by atoms with E-state index in [9.17, 15) is 14.7 Å². The number of aliphatic hydroxyl groups is 1. The predicted molar refractivity (Wildman–Crippen MR) is 113 cm³/mol. The van der Waals surface area contributed by atoms with Crippen LogP contribution in [0.5, 0.6) is 0 Å². The Kier molecular flexibility index (Phi) is 5.72. The maximum Gasteiger partial charge on any atom is 0.234 e. The summed E-state index contributed by atoms with van der Waals surface area (Å²) < 4.78 is 0. The van der Waals surface area contributed by atoms with Crippen molar-refractivity contribution in [3.05, 3.63) is 64.7 Å². The second-order valence-electron chi connectivity index (χ2n) is 7.90. The summed E-state index contributed by atoms with van der Waals surface area (Å²) in [7, 11) is 0. The molecule has 4 rings (SSSR count). The highest BCUT2D eigenvalue weighted by molar-refractivity contribution is 6.30. The first-order valence-electron chi connectivity index (χ1n) is 10.1. The van der Waals surface area contributed by atoms with Gasteiger partial charge in [-0.2, -0.15) is 0 Å². The summed E-state index contributed by atoms with van der Waals surface area (Å²) in [4.78, 5) is 28.5. The van der Waals surface area contributed by atoms with Gasteiger partial charge in [0.15, 0.2) is 5.78 Å². The third kappa shape index (κ3) is 4.22. The molecule has 1 fully saturated rings. The molecule has 2 aliphatic heterocycles. The van der Waals surface area contributed by atoms with Gasteiger partial charge in [0, 0.05) is 30.2 Å². The molecule has 152 valence electrons. The van der Waals surface area contributed by atoms with E-state index in [1.54, 1.807) is 11.0 Å². The van der Waals surface area contributed by atoms with Crippen LogP contribution < -0.4 is 4.90 Å². The Morgan fingerprint density at radius 2 is 1.66 bits per heavy atom. The van der Waals surface area contributed by atoms with Gasteiger partial charge >= 0.3 is 0 Å². The minimum Gasteiger partial charge on any atom is -0.385 e. The van der Waals surface area contributed by atoms with Crippen LogP contribution in [0.1, 0.15) is 41.6 Å². The number of para-hydroxylation sites is 1. The van der Waals surface area contributed by atoms with Crippen LogP contribution in [-0.2, 0) is 10.4 Å². The van der Waals surface area contributed by atoms with Gasteiger partial charge in [-0.25, -0.2) is 0 Å². The van der Waals surface area contributed by atoms with Gasteiger partial charge in [-0.1, -0.05) is 35.9 Å². The summed E-state index contributed by atoms with van der Waals surface area (Å²) in [6.45, 7) is 3.07. The molecule has 29 heavy (non-hydrogen) atoms. The number of halogens is 1. The van der Waals surface area contributed by atoms with Crippen molar-refractivity contribution in [1.82, 2.24) is 4.90 Å². The average Bonchev–Trinajstić information content (AvgIpc) is 2.72. The Bertz CT molecular complexity index is 905. The van der Waals surface area contributed by atoms with E-state index in [1.807, 2.05) is 42.5 Å². The maximum atomic E-state index is 12.4. The monoisotopic (exact) mass is 412 g/mol. The lowest BCUT2D eigenvalue weighted by atomic mass is 9.84. The highest BCUT2D eigenvalue weighted by atomic mass is 35.5. The lowest BCUT2D eigenvalue weighted by molar-refractivity contribution is -0.118. The maximum absolute atomic E-state index is 12.4. The summed E-state index contributed by atoms with van der Waals surface area (Å²) in [5.41, 5.74) is 1.48. The predicted octanol–water partition coefficient (Wildman–Crippen LogP) is 3.63. The van der Waals surface area contributed by atoms with Crippen molar-refractivity contribution in [2.45, 2.75) is 31.3 Å². The fourth-order valence-corrected chi connectivity index (χ4v) is 4.43. The van der Waals surface area contributed by atoms with Crippen LogP contribution in [0, 0.1) is 0 Å². The number of Topliss-reactive ketones (excluding diaryl/α,β-unsaturated/α-hetero) is 1. The van der Waals surface area contributed by atoms with Gasteiger partial charge in [-0.15, -0.1) is 0 Å². The van der Waals surface area contributed by atoms with Crippen LogP contribution in [0.15, 0.2) is 48.5 Å². The van der Waals surface area contributed by atoms with Crippen LogP contribution in [0.25, 0.3) is 0 Å². The number of carbonyl (C=O) groups excluding carboxylic acids is 2. The molecular weight excluding hydrogens is 388 g/mol. The first-order chi connectivity index (χ1) is 14.0.